The molecule has 0 bridgehead atoms. The molecule has 0 saturated heterocycles. The molecular formula is C13H19N3O2. The lowest BCUT2D eigenvalue weighted by atomic mass is 10.1. The minimum absolute atomic E-state index is 0.00116. The normalized spacial score (nSPS) is 13.1. The molecule has 0 spiro atoms. The molecule has 4 N–H and O–H groups in total. The quantitative estimate of drug-likeness (QED) is 0.323. The van der Waals surface area contributed by atoms with Crippen LogP contribution in [0.25, 0.3) is 0 Å². The van der Waals surface area contributed by atoms with Gasteiger partial charge in [-0.2, -0.15) is 0 Å². The summed E-state index contributed by atoms with van der Waals surface area (Å²) < 4.78 is 0. The smallest absolute Gasteiger partial charge is 0.227 e. The Morgan fingerprint density at radius 2 is 2.06 bits per heavy atom. The minimum atomic E-state index is -0.00116. The molecule has 5 nitrogen and oxygen atoms in total. The Bertz CT molecular complexity index is 426. The van der Waals surface area contributed by atoms with Crippen molar-refractivity contribution in [1.82, 2.24) is 0 Å². The predicted octanol–water partition coefficient (Wildman–Crippen LogP) is 2.16. The van der Waals surface area contributed by atoms with E-state index in [-0.39, 0.29) is 17.7 Å². The third-order valence-corrected chi connectivity index (χ3v) is 2.73. The Balaban J connectivity index is 2.67. The lowest BCUT2D eigenvalue weighted by Gasteiger charge is -2.11. The van der Waals surface area contributed by atoms with E-state index < -0.39 is 0 Å². The second-order valence-corrected chi connectivity index (χ2v) is 4.24. The van der Waals surface area contributed by atoms with E-state index in [1.54, 1.807) is 24.3 Å². The first-order chi connectivity index (χ1) is 8.58. The monoisotopic (exact) mass is 249 g/mol. The van der Waals surface area contributed by atoms with Gasteiger partial charge in [0.1, 0.15) is 0 Å². The summed E-state index contributed by atoms with van der Waals surface area (Å²) in [7, 11) is 0. The third kappa shape index (κ3) is 3.76. The maximum atomic E-state index is 11.8. The number of amides is 1. The summed E-state index contributed by atoms with van der Waals surface area (Å²) in [5.74, 6) is 0.0550. The molecule has 0 aliphatic carbocycles. The van der Waals surface area contributed by atoms with Crippen LogP contribution in [0, 0.1) is 5.92 Å². The first kappa shape index (κ1) is 14.0. The molecule has 0 fully saturated rings. The first-order valence-corrected chi connectivity index (χ1v) is 5.97. The van der Waals surface area contributed by atoms with Crippen LogP contribution in [0.1, 0.15) is 32.3 Å². The largest absolute Gasteiger partial charge is 0.409 e. The SMILES string of the molecule is CCCC(C)C(=O)Nc1ccc(/C(N)=N/O)cc1. The highest BCUT2D eigenvalue weighted by Crippen LogP contribution is 2.13. The summed E-state index contributed by atoms with van der Waals surface area (Å²) in [4.78, 5) is 11.8. The Morgan fingerprint density at radius 3 is 2.56 bits per heavy atom. The van der Waals surface area contributed by atoms with E-state index in [2.05, 4.69) is 17.4 Å². The van der Waals surface area contributed by atoms with Gasteiger partial charge in [-0.3, -0.25) is 4.79 Å². The van der Waals surface area contributed by atoms with Crippen LogP contribution in [0.4, 0.5) is 5.69 Å². The molecule has 0 aliphatic rings. The van der Waals surface area contributed by atoms with Gasteiger partial charge in [-0.15, -0.1) is 0 Å². The highest BCUT2D eigenvalue weighted by molar-refractivity contribution is 5.98. The van der Waals surface area contributed by atoms with Gasteiger partial charge in [-0.25, -0.2) is 0 Å². The summed E-state index contributed by atoms with van der Waals surface area (Å²) in [6.45, 7) is 3.96. The summed E-state index contributed by atoms with van der Waals surface area (Å²) in [5.41, 5.74) is 6.76. The second kappa shape index (κ2) is 6.64. The van der Waals surface area contributed by atoms with Gasteiger partial charge in [0.15, 0.2) is 5.84 Å². The summed E-state index contributed by atoms with van der Waals surface area (Å²) in [5, 5.41) is 14.3. The van der Waals surface area contributed by atoms with E-state index in [1.807, 2.05) is 6.92 Å². The van der Waals surface area contributed by atoms with Crippen molar-refractivity contribution in [3.8, 4) is 0 Å². The van der Waals surface area contributed by atoms with Crippen molar-refractivity contribution in [1.29, 1.82) is 0 Å². The molecule has 0 saturated carbocycles. The number of rotatable bonds is 5. The molecule has 5 heteroatoms. The third-order valence-electron chi connectivity index (χ3n) is 2.73. The number of oxime groups is 1. The average molecular weight is 249 g/mol. The van der Waals surface area contributed by atoms with Gasteiger partial charge in [-0.05, 0) is 30.7 Å². The molecule has 1 aromatic carbocycles. The van der Waals surface area contributed by atoms with Crippen molar-refractivity contribution in [2.45, 2.75) is 26.7 Å². The summed E-state index contributed by atoms with van der Waals surface area (Å²) in [6, 6.07) is 6.83. The highest BCUT2D eigenvalue weighted by Gasteiger charge is 2.11. The highest BCUT2D eigenvalue weighted by atomic mass is 16.4. The lowest BCUT2D eigenvalue weighted by Crippen LogP contribution is -2.20. The van der Waals surface area contributed by atoms with Crippen molar-refractivity contribution in [3.05, 3.63) is 29.8 Å². The number of nitrogens with two attached hydrogens (primary N) is 1. The van der Waals surface area contributed by atoms with Crippen molar-refractivity contribution in [2.75, 3.05) is 5.32 Å². The molecule has 1 unspecified atom stereocenters. The Kier molecular flexibility index (Phi) is 5.17. The number of nitrogens with one attached hydrogen (secondary N) is 1. The standard InChI is InChI=1S/C13H19N3O2/c1-3-4-9(2)13(17)15-11-7-5-10(6-8-11)12(14)16-18/h5-9,18H,3-4H2,1-2H3,(H2,14,16)(H,15,17). The van der Waals surface area contributed by atoms with Gasteiger partial charge in [0.25, 0.3) is 0 Å². The van der Waals surface area contributed by atoms with Crippen molar-refractivity contribution in [2.24, 2.45) is 16.8 Å². The lowest BCUT2D eigenvalue weighted by molar-refractivity contribution is -0.119. The van der Waals surface area contributed by atoms with Gasteiger partial charge in [0.2, 0.25) is 5.91 Å². The van der Waals surface area contributed by atoms with Crippen LogP contribution < -0.4 is 11.1 Å². The fourth-order valence-corrected chi connectivity index (χ4v) is 1.61. The number of carbonyl (C=O) groups is 1. The van der Waals surface area contributed by atoms with Crippen LogP contribution in [-0.4, -0.2) is 17.0 Å². The van der Waals surface area contributed by atoms with E-state index in [0.717, 1.165) is 12.8 Å². The van der Waals surface area contributed by atoms with Crippen LogP contribution in [0.5, 0.6) is 0 Å². The van der Waals surface area contributed by atoms with Gasteiger partial charge in [0.05, 0.1) is 0 Å². The number of hydrogen-bond donors (Lipinski definition) is 3. The van der Waals surface area contributed by atoms with Gasteiger partial charge < -0.3 is 16.3 Å². The zero-order valence-corrected chi connectivity index (χ0v) is 10.7. The molecule has 1 atom stereocenters. The van der Waals surface area contributed by atoms with E-state index in [1.165, 1.54) is 0 Å². The average Bonchev–Trinajstić information content (AvgIpc) is 2.39. The maximum absolute atomic E-state index is 11.8. The molecule has 0 radical (unpaired) electrons. The molecule has 18 heavy (non-hydrogen) atoms. The summed E-state index contributed by atoms with van der Waals surface area (Å²) >= 11 is 0. The number of carbonyl (C=O) groups excluding carboxylic acids is 1. The molecule has 98 valence electrons. The van der Waals surface area contributed by atoms with Crippen LogP contribution in [-0.2, 0) is 4.79 Å². The van der Waals surface area contributed by atoms with Crippen molar-refractivity contribution >= 4 is 17.4 Å². The summed E-state index contributed by atoms with van der Waals surface area (Å²) in [6.07, 6.45) is 1.85. The molecule has 0 aliphatic heterocycles. The van der Waals surface area contributed by atoms with Crippen LogP contribution >= 0.6 is 0 Å². The Hall–Kier alpha value is -2.04. The molecule has 1 rings (SSSR count). The van der Waals surface area contributed by atoms with Crippen molar-refractivity contribution in [3.63, 3.8) is 0 Å². The zero-order valence-electron chi connectivity index (χ0n) is 10.7. The van der Waals surface area contributed by atoms with E-state index in [0.29, 0.717) is 11.3 Å². The molecular weight excluding hydrogens is 230 g/mol. The first-order valence-electron chi connectivity index (χ1n) is 5.97. The number of anilines is 1. The van der Waals surface area contributed by atoms with Crippen LogP contribution in [0.2, 0.25) is 0 Å². The number of hydrogen-bond acceptors (Lipinski definition) is 3. The van der Waals surface area contributed by atoms with Gasteiger partial charge in [0, 0.05) is 17.2 Å². The van der Waals surface area contributed by atoms with E-state index >= 15 is 0 Å². The van der Waals surface area contributed by atoms with Crippen LogP contribution in [0.3, 0.4) is 0 Å². The van der Waals surface area contributed by atoms with E-state index in [9.17, 15) is 4.79 Å². The van der Waals surface area contributed by atoms with E-state index in [4.69, 9.17) is 10.9 Å². The number of nitrogens with zero attached hydrogens (tertiary/aromatic N) is 1. The Labute approximate surface area is 107 Å². The molecule has 0 heterocycles. The van der Waals surface area contributed by atoms with Gasteiger partial charge >= 0.3 is 0 Å². The fourth-order valence-electron chi connectivity index (χ4n) is 1.61. The second-order valence-electron chi connectivity index (χ2n) is 4.24. The minimum Gasteiger partial charge on any atom is -0.409 e. The van der Waals surface area contributed by atoms with Crippen LogP contribution in [0.15, 0.2) is 29.4 Å². The van der Waals surface area contributed by atoms with Crippen molar-refractivity contribution < 1.29 is 10.0 Å². The molecule has 1 aromatic rings. The maximum Gasteiger partial charge on any atom is 0.227 e. The Morgan fingerprint density at radius 1 is 1.44 bits per heavy atom. The number of benzene rings is 1. The predicted molar refractivity (Wildman–Crippen MR) is 71.7 cm³/mol. The van der Waals surface area contributed by atoms with Gasteiger partial charge in [-0.1, -0.05) is 25.4 Å². The molecule has 0 aromatic heterocycles. The fraction of sp³-hybridized carbons (Fsp3) is 0.385. The topological polar surface area (TPSA) is 87.7 Å². The zero-order chi connectivity index (χ0) is 13.5. The molecule has 1 amide bonds. The number of amidine groups is 1.